The molecular weight excluding hydrogens is 438 g/mol. The van der Waals surface area contributed by atoms with Gasteiger partial charge in [-0.15, -0.1) is 0 Å². The van der Waals surface area contributed by atoms with E-state index in [-0.39, 0.29) is 23.7 Å². The van der Waals surface area contributed by atoms with Crippen molar-refractivity contribution in [3.8, 4) is 5.75 Å². The molecule has 2 atom stereocenters. The van der Waals surface area contributed by atoms with Gasteiger partial charge in [0, 0.05) is 37.7 Å². The van der Waals surface area contributed by atoms with Gasteiger partial charge in [0.05, 0.1) is 13.0 Å². The maximum absolute atomic E-state index is 13.1. The standard InChI is InChI=1S/C29H33N3O3/c1-32-19-26(27(20-32)29(34)30-16-15-21-11-13-25(35-2)14-12-21)24-10-6-7-22(17-24)18-31-28(33)23-8-4-3-5-9-23/h3-14,17,26-27H,15-16,18-20H2,1-2H3,(H,30,34)(H,31,33)/t26-,27-/m1/s1. The number of hydrogen-bond acceptors (Lipinski definition) is 4. The first-order valence-electron chi connectivity index (χ1n) is 12.0. The molecule has 35 heavy (non-hydrogen) atoms. The molecule has 0 aromatic heterocycles. The van der Waals surface area contributed by atoms with Crippen LogP contribution in [0.2, 0.25) is 0 Å². The van der Waals surface area contributed by atoms with E-state index in [0.717, 1.165) is 42.0 Å². The zero-order valence-electron chi connectivity index (χ0n) is 20.4. The second kappa shape index (κ2) is 11.7. The van der Waals surface area contributed by atoms with Gasteiger partial charge in [-0.25, -0.2) is 0 Å². The van der Waals surface area contributed by atoms with E-state index >= 15 is 0 Å². The van der Waals surface area contributed by atoms with Crippen molar-refractivity contribution in [1.82, 2.24) is 15.5 Å². The van der Waals surface area contributed by atoms with Crippen molar-refractivity contribution >= 4 is 11.8 Å². The van der Waals surface area contributed by atoms with Crippen LogP contribution in [0.15, 0.2) is 78.9 Å². The van der Waals surface area contributed by atoms with Gasteiger partial charge in [-0.1, -0.05) is 54.6 Å². The quantitative estimate of drug-likeness (QED) is 0.500. The van der Waals surface area contributed by atoms with Crippen LogP contribution in [0.3, 0.4) is 0 Å². The van der Waals surface area contributed by atoms with Gasteiger partial charge in [-0.3, -0.25) is 9.59 Å². The number of ether oxygens (including phenoxy) is 1. The minimum Gasteiger partial charge on any atom is -0.497 e. The minimum atomic E-state index is -0.106. The molecule has 3 aromatic carbocycles. The van der Waals surface area contributed by atoms with Crippen LogP contribution >= 0.6 is 0 Å². The van der Waals surface area contributed by atoms with Gasteiger partial charge in [0.2, 0.25) is 5.91 Å². The molecule has 1 aliphatic rings. The van der Waals surface area contributed by atoms with Crippen LogP contribution in [0.1, 0.15) is 33.0 Å². The molecule has 1 aliphatic heterocycles. The molecule has 1 fully saturated rings. The average Bonchev–Trinajstić information content (AvgIpc) is 3.30. The zero-order chi connectivity index (χ0) is 24.6. The summed E-state index contributed by atoms with van der Waals surface area (Å²) in [7, 11) is 3.71. The summed E-state index contributed by atoms with van der Waals surface area (Å²) in [4.78, 5) is 27.7. The normalized spacial score (nSPS) is 17.7. The Balaban J connectivity index is 1.35. The third-order valence-corrected chi connectivity index (χ3v) is 6.58. The highest BCUT2D eigenvalue weighted by Crippen LogP contribution is 2.32. The maximum Gasteiger partial charge on any atom is 0.251 e. The van der Waals surface area contributed by atoms with E-state index in [1.54, 1.807) is 19.2 Å². The second-order valence-corrected chi connectivity index (χ2v) is 9.12. The number of methoxy groups -OCH3 is 1. The highest BCUT2D eigenvalue weighted by atomic mass is 16.5. The smallest absolute Gasteiger partial charge is 0.251 e. The summed E-state index contributed by atoms with van der Waals surface area (Å²) in [5, 5.41) is 6.13. The SMILES string of the molecule is COc1ccc(CCNC(=O)[C@@H]2CN(C)C[C@@H]2c2cccc(CNC(=O)c3ccccc3)c2)cc1. The predicted molar refractivity (Wildman–Crippen MR) is 137 cm³/mol. The Morgan fingerprint density at radius 2 is 1.69 bits per heavy atom. The molecule has 2 amide bonds. The summed E-state index contributed by atoms with van der Waals surface area (Å²) >= 11 is 0. The Labute approximate surface area is 207 Å². The molecule has 4 rings (SSSR count). The number of likely N-dealkylation sites (N-methyl/N-ethyl adjacent to an activating group) is 1. The van der Waals surface area contributed by atoms with Crippen molar-refractivity contribution in [2.75, 3.05) is 33.8 Å². The number of carbonyl (C=O) groups excluding carboxylic acids is 2. The van der Waals surface area contributed by atoms with Crippen molar-refractivity contribution in [2.24, 2.45) is 5.92 Å². The fraction of sp³-hybridized carbons (Fsp3) is 0.310. The third kappa shape index (κ3) is 6.49. The van der Waals surface area contributed by atoms with Gasteiger partial charge in [-0.2, -0.15) is 0 Å². The van der Waals surface area contributed by atoms with Crippen LogP contribution in [0.4, 0.5) is 0 Å². The van der Waals surface area contributed by atoms with Crippen LogP contribution in [-0.2, 0) is 17.8 Å². The number of benzene rings is 3. The molecule has 1 heterocycles. The van der Waals surface area contributed by atoms with E-state index in [9.17, 15) is 9.59 Å². The van der Waals surface area contributed by atoms with E-state index in [2.05, 4.69) is 34.7 Å². The Kier molecular flexibility index (Phi) is 8.16. The van der Waals surface area contributed by atoms with Crippen LogP contribution in [-0.4, -0.2) is 50.5 Å². The molecule has 0 saturated carbocycles. The molecule has 3 aromatic rings. The molecule has 2 N–H and O–H groups in total. The summed E-state index contributed by atoms with van der Waals surface area (Å²) in [5.41, 5.74) is 3.97. The highest BCUT2D eigenvalue weighted by Gasteiger charge is 2.36. The Morgan fingerprint density at radius 3 is 2.43 bits per heavy atom. The van der Waals surface area contributed by atoms with Crippen molar-refractivity contribution in [3.05, 3.63) is 101 Å². The summed E-state index contributed by atoms with van der Waals surface area (Å²) in [6.45, 7) is 2.61. The van der Waals surface area contributed by atoms with Gasteiger partial charge in [-0.05, 0) is 54.4 Å². The number of hydrogen-bond donors (Lipinski definition) is 2. The highest BCUT2D eigenvalue weighted by molar-refractivity contribution is 5.94. The lowest BCUT2D eigenvalue weighted by molar-refractivity contribution is -0.124. The molecule has 0 bridgehead atoms. The Morgan fingerprint density at radius 1 is 0.914 bits per heavy atom. The number of nitrogens with one attached hydrogen (secondary N) is 2. The Bertz CT molecular complexity index is 1130. The number of nitrogens with zero attached hydrogens (tertiary/aromatic N) is 1. The van der Waals surface area contributed by atoms with Crippen LogP contribution < -0.4 is 15.4 Å². The molecular formula is C29H33N3O3. The number of carbonyl (C=O) groups is 2. The molecule has 1 saturated heterocycles. The van der Waals surface area contributed by atoms with Crippen molar-refractivity contribution < 1.29 is 14.3 Å². The molecule has 6 nitrogen and oxygen atoms in total. The third-order valence-electron chi connectivity index (χ3n) is 6.58. The largest absolute Gasteiger partial charge is 0.497 e. The lowest BCUT2D eigenvalue weighted by Crippen LogP contribution is -2.35. The number of rotatable bonds is 9. The van der Waals surface area contributed by atoms with Crippen LogP contribution in [0.25, 0.3) is 0 Å². The fourth-order valence-corrected chi connectivity index (χ4v) is 4.66. The lowest BCUT2D eigenvalue weighted by Gasteiger charge is -2.19. The summed E-state index contributed by atoms with van der Waals surface area (Å²) in [5.74, 6) is 0.841. The summed E-state index contributed by atoms with van der Waals surface area (Å²) in [6.07, 6.45) is 0.777. The number of likely N-dealkylation sites (tertiary alicyclic amines) is 1. The molecule has 182 valence electrons. The van der Waals surface area contributed by atoms with E-state index in [0.29, 0.717) is 18.7 Å². The lowest BCUT2D eigenvalue weighted by atomic mass is 9.87. The maximum atomic E-state index is 13.1. The first-order chi connectivity index (χ1) is 17.0. The fourth-order valence-electron chi connectivity index (χ4n) is 4.66. The van der Waals surface area contributed by atoms with E-state index in [1.165, 1.54) is 0 Å². The van der Waals surface area contributed by atoms with Crippen molar-refractivity contribution in [1.29, 1.82) is 0 Å². The van der Waals surface area contributed by atoms with Gasteiger partial charge >= 0.3 is 0 Å². The summed E-state index contributed by atoms with van der Waals surface area (Å²) in [6, 6.07) is 25.4. The molecule has 0 spiro atoms. The van der Waals surface area contributed by atoms with Gasteiger partial charge in [0.25, 0.3) is 5.91 Å². The topological polar surface area (TPSA) is 70.7 Å². The predicted octanol–water partition coefficient (Wildman–Crippen LogP) is 3.63. The van der Waals surface area contributed by atoms with Gasteiger partial charge in [0.15, 0.2) is 0 Å². The van der Waals surface area contributed by atoms with Gasteiger partial charge < -0.3 is 20.3 Å². The first-order valence-corrected chi connectivity index (χ1v) is 12.0. The number of amides is 2. The molecule has 0 unspecified atom stereocenters. The van der Waals surface area contributed by atoms with Crippen LogP contribution in [0, 0.1) is 5.92 Å². The van der Waals surface area contributed by atoms with E-state index < -0.39 is 0 Å². The second-order valence-electron chi connectivity index (χ2n) is 9.12. The minimum absolute atomic E-state index is 0.0919. The zero-order valence-corrected chi connectivity index (χ0v) is 20.4. The first kappa shape index (κ1) is 24.5. The monoisotopic (exact) mass is 471 g/mol. The van der Waals surface area contributed by atoms with Crippen LogP contribution in [0.5, 0.6) is 5.75 Å². The molecule has 6 heteroatoms. The van der Waals surface area contributed by atoms with Gasteiger partial charge in [0.1, 0.15) is 5.75 Å². The Hall–Kier alpha value is -3.64. The average molecular weight is 472 g/mol. The van der Waals surface area contributed by atoms with E-state index in [4.69, 9.17) is 4.74 Å². The molecule has 0 aliphatic carbocycles. The van der Waals surface area contributed by atoms with Crippen molar-refractivity contribution in [2.45, 2.75) is 18.9 Å². The summed E-state index contributed by atoms with van der Waals surface area (Å²) < 4.78 is 5.20. The van der Waals surface area contributed by atoms with E-state index in [1.807, 2.05) is 54.6 Å². The van der Waals surface area contributed by atoms with Crippen molar-refractivity contribution in [3.63, 3.8) is 0 Å². The molecule has 0 radical (unpaired) electrons.